The first-order chi connectivity index (χ1) is 17.3. The molecule has 11 nitrogen and oxygen atoms in total. The van der Waals surface area contributed by atoms with Crippen molar-refractivity contribution in [2.75, 3.05) is 26.4 Å². The summed E-state index contributed by atoms with van der Waals surface area (Å²) in [6.07, 6.45) is 2.92. The van der Waals surface area contributed by atoms with Crippen LogP contribution in [0.3, 0.4) is 0 Å². The van der Waals surface area contributed by atoms with Gasteiger partial charge in [0.05, 0.1) is 32.2 Å². The number of ether oxygens (including phenoxy) is 2. The van der Waals surface area contributed by atoms with Gasteiger partial charge in [0.15, 0.2) is 17.6 Å². The van der Waals surface area contributed by atoms with Gasteiger partial charge < -0.3 is 19.9 Å². The van der Waals surface area contributed by atoms with Gasteiger partial charge in [-0.3, -0.25) is 14.2 Å². The molecule has 0 bridgehead atoms. The highest BCUT2D eigenvalue weighted by Gasteiger charge is 2.41. The molecule has 12 heteroatoms. The summed E-state index contributed by atoms with van der Waals surface area (Å²) in [6.45, 7) is 3.70. The van der Waals surface area contributed by atoms with Crippen molar-refractivity contribution < 1.29 is 28.4 Å². The summed E-state index contributed by atoms with van der Waals surface area (Å²) in [6, 6.07) is 4.21. The van der Waals surface area contributed by atoms with Crippen LogP contribution in [-0.4, -0.2) is 56.9 Å². The Morgan fingerprint density at radius 2 is 2.06 bits per heavy atom. The van der Waals surface area contributed by atoms with E-state index in [-0.39, 0.29) is 18.8 Å². The molecule has 3 aromatic rings. The van der Waals surface area contributed by atoms with E-state index in [1.54, 1.807) is 28.8 Å². The first kappa shape index (κ1) is 24.1. The Hall–Kier alpha value is -3.64. The molecule has 4 heterocycles. The summed E-state index contributed by atoms with van der Waals surface area (Å²) in [7, 11) is 1.72. The third-order valence-corrected chi connectivity index (χ3v) is 6.78. The second kappa shape index (κ2) is 9.43. The predicted molar refractivity (Wildman–Crippen MR) is 123 cm³/mol. The lowest BCUT2D eigenvalue weighted by molar-refractivity contribution is -0.688. The van der Waals surface area contributed by atoms with Gasteiger partial charge in [0, 0.05) is 43.4 Å². The third kappa shape index (κ3) is 4.26. The van der Waals surface area contributed by atoms with Crippen LogP contribution < -0.4 is 15.6 Å². The molecule has 2 aromatic heterocycles. The van der Waals surface area contributed by atoms with E-state index in [9.17, 15) is 19.1 Å². The van der Waals surface area contributed by atoms with Gasteiger partial charge in [-0.05, 0) is 23.7 Å². The van der Waals surface area contributed by atoms with Gasteiger partial charge in [-0.25, -0.2) is 9.37 Å². The number of carbonyl (C=O) groups is 1. The molecule has 1 amide bonds. The largest absolute Gasteiger partial charge is 0.501 e. The van der Waals surface area contributed by atoms with E-state index in [1.165, 1.54) is 16.7 Å². The highest BCUT2D eigenvalue weighted by atomic mass is 19.1. The minimum absolute atomic E-state index is 0.00725. The first-order valence-electron chi connectivity index (χ1n) is 11.8. The molecule has 1 aromatic carbocycles. The number of aromatic hydroxyl groups is 1. The summed E-state index contributed by atoms with van der Waals surface area (Å²) >= 11 is 0. The average molecular weight is 500 g/mol. The summed E-state index contributed by atoms with van der Waals surface area (Å²) in [5.41, 5.74) is 0.252. The fourth-order valence-electron chi connectivity index (χ4n) is 4.88. The van der Waals surface area contributed by atoms with Crippen LogP contribution in [-0.2, 0) is 35.0 Å². The Labute approximate surface area is 206 Å². The van der Waals surface area contributed by atoms with Crippen LogP contribution in [0.15, 0.2) is 29.2 Å². The van der Waals surface area contributed by atoms with Crippen LogP contribution in [0.5, 0.6) is 5.75 Å². The van der Waals surface area contributed by atoms with Crippen LogP contribution in [0, 0.1) is 12.7 Å². The normalized spacial score (nSPS) is 17.0. The molecule has 1 fully saturated rings. The molecule has 0 saturated carbocycles. The van der Waals surface area contributed by atoms with Crippen molar-refractivity contribution in [3.8, 4) is 11.4 Å². The molecule has 36 heavy (non-hydrogen) atoms. The average Bonchev–Trinajstić information content (AvgIpc) is 3.11. The van der Waals surface area contributed by atoms with Gasteiger partial charge in [0.1, 0.15) is 11.6 Å². The van der Waals surface area contributed by atoms with Gasteiger partial charge in [-0.2, -0.15) is 0 Å². The number of rotatable bonds is 4. The SMILES string of the molecule is Cc1c[n+](-c2cc(F)ccc2CNC(=O)c2nc3n(c(=O)c2O)CCOCC32CCOCC2)n(C)n1. The van der Waals surface area contributed by atoms with Gasteiger partial charge >= 0.3 is 0 Å². The number of halogens is 1. The third-order valence-electron chi connectivity index (χ3n) is 6.78. The molecular weight excluding hydrogens is 471 g/mol. The zero-order valence-electron chi connectivity index (χ0n) is 20.2. The molecule has 1 saturated heterocycles. The van der Waals surface area contributed by atoms with Crippen molar-refractivity contribution in [2.45, 2.75) is 38.3 Å². The monoisotopic (exact) mass is 499 g/mol. The lowest BCUT2D eigenvalue weighted by Crippen LogP contribution is -2.43. The van der Waals surface area contributed by atoms with Crippen LogP contribution >= 0.6 is 0 Å². The number of hydrogen-bond acceptors (Lipinski definition) is 7. The van der Waals surface area contributed by atoms with Gasteiger partial charge in [0.25, 0.3) is 11.5 Å². The maximum Gasteiger partial charge on any atom is 0.296 e. The number of fused-ring (bicyclic) bond motifs is 2. The summed E-state index contributed by atoms with van der Waals surface area (Å²) in [5.74, 6) is -1.42. The van der Waals surface area contributed by atoms with E-state index >= 15 is 0 Å². The van der Waals surface area contributed by atoms with Crippen LogP contribution in [0.4, 0.5) is 4.39 Å². The number of nitrogens with one attached hydrogen (secondary N) is 1. The molecular formula is C24H28FN6O5+. The standard InChI is InChI=1S/C24H27FN6O5/c1-15-13-31(29(2)28-15)18-11-17(25)4-3-16(18)12-26-21(33)19-20(32)22(34)30-7-10-36-14-24(23(30)27-19)5-8-35-9-6-24/h3-4,11,13H,5-10,12,14H2,1-2H3,(H-,26,32,33)/p+1. The molecule has 5 rings (SSSR count). The quantitative estimate of drug-likeness (QED) is 0.499. The first-order valence-corrected chi connectivity index (χ1v) is 11.8. The molecule has 0 unspecified atom stereocenters. The van der Waals surface area contributed by atoms with Crippen molar-refractivity contribution in [3.63, 3.8) is 0 Å². The number of aryl methyl sites for hydroxylation is 2. The zero-order chi connectivity index (χ0) is 25.4. The Morgan fingerprint density at radius 1 is 1.28 bits per heavy atom. The van der Waals surface area contributed by atoms with Crippen molar-refractivity contribution in [2.24, 2.45) is 7.05 Å². The van der Waals surface area contributed by atoms with Gasteiger partial charge in [-0.15, -0.1) is 4.68 Å². The lowest BCUT2D eigenvalue weighted by atomic mass is 9.80. The number of aromatic nitrogens is 5. The number of benzene rings is 1. The van der Waals surface area contributed by atoms with Crippen molar-refractivity contribution >= 4 is 5.91 Å². The maximum atomic E-state index is 14.1. The fraction of sp³-hybridized carbons (Fsp3) is 0.458. The molecule has 0 radical (unpaired) electrons. The van der Waals surface area contributed by atoms with E-state index in [1.807, 2.05) is 6.92 Å². The van der Waals surface area contributed by atoms with Gasteiger partial charge in [-0.1, -0.05) is 6.07 Å². The Balaban J connectivity index is 1.47. The van der Waals surface area contributed by atoms with Gasteiger partial charge in [0.2, 0.25) is 11.4 Å². The molecule has 2 N–H and O–H groups in total. The van der Waals surface area contributed by atoms with E-state index in [0.717, 1.165) is 5.69 Å². The number of amides is 1. The second-order valence-corrected chi connectivity index (χ2v) is 9.19. The van der Waals surface area contributed by atoms with Crippen molar-refractivity contribution in [3.05, 3.63) is 63.3 Å². The van der Waals surface area contributed by atoms with Crippen molar-refractivity contribution in [1.82, 2.24) is 24.8 Å². The van der Waals surface area contributed by atoms with Crippen LogP contribution in [0.1, 0.15) is 40.4 Å². The fourth-order valence-corrected chi connectivity index (χ4v) is 4.88. The number of nitrogens with zero attached hydrogens (tertiary/aromatic N) is 5. The zero-order valence-corrected chi connectivity index (χ0v) is 20.2. The highest BCUT2D eigenvalue weighted by molar-refractivity contribution is 5.94. The van der Waals surface area contributed by atoms with E-state index in [2.05, 4.69) is 15.4 Å². The van der Waals surface area contributed by atoms with E-state index in [0.29, 0.717) is 56.3 Å². The summed E-state index contributed by atoms with van der Waals surface area (Å²) in [4.78, 5) is 32.3. The molecule has 2 aliphatic heterocycles. The molecule has 0 aliphatic carbocycles. The highest BCUT2D eigenvalue weighted by Crippen LogP contribution is 2.35. The second-order valence-electron chi connectivity index (χ2n) is 9.19. The summed E-state index contributed by atoms with van der Waals surface area (Å²) in [5, 5.41) is 17.6. The predicted octanol–water partition coefficient (Wildman–Crippen LogP) is 0.415. The molecule has 190 valence electrons. The molecule has 1 spiro atoms. The van der Waals surface area contributed by atoms with Crippen LogP contribution in [0.25, 0.3) is 5.69 Å². The summed E-state index contributed by atoms with van der Waals surface area (Å²) < 4.78 is 28.4. The molecule has 0 atom stereocenters. The Kier molecular flexibility index (Phi) is 6.31. The van der Waals surface area contributed by atoms with Crippen LogP contribution in [0.2, 0.25) is 0 Å². The minimum atomic E-state index is -0.712. The van der Waals surface area contributed by atoms with E-state index < -0.39 is 28.4 Å². The lowest BCUT2D eigenvalue weighted by Gasteiger charge is -2.35. The van der Waals surface area contributed by atoms with E-state index in [4.69, 9.17) is 9.47 Å². The minimum Gasteiger partial charge on any atom is -0.501 e. The number of carbonyl (C=O) groups excluding carboxylic acids is 1. The molecule has 2 aliphatic rings. The van der Waals surface area contributed by atoms with Crippen molar-refractivity contribution in [1.29, 1.82) is 0 Å². The number of hydrogen-bond donors (Lipinski definition) is 2. The maximum absolute atomic E-state index is 14.1. The smallest absolute Gasteiger partial charge is 0.296 e. The Bertz CT molecular complexity index is 1380. The topological polar surface area (TPSA) is 124 Å². The Morgan fingerprint density at radius 3 is 2.78 bits per heavy atom.